The van der Waals surface area contributed by atoms with E-state index in [4.69, 9.17) is 5.41 Å². The fourth-order valence-corrected chi connectivity index (χ4v) is 1.71. The van der Waals surface area contributed by atoms with E-state index in [0.29, 0.717) is 5.92 Å². The SMILES string of the molecule is CCC1CCCCCC1=N. The maximum absolute atomic E-state index is 7.69. The van der Waals surface area contributed by atoms with Gasteiger partial charge in [0, 0.05) is 5.71 Å². The van der Waals surface area contributed by atoms with Gasteiger partial charge in [-0.15, -0.1) is 0 Å². The van der Waals surface area contributed by atoms with Crippen molar-refractivity contribution in [3.05, 3.63) is 0 Å². The summed E-state index contributed by atoms with van der Waals surface area (Å²) in [5.74, 6) is 0.627. The van der Waals surface area contributed by atoms with Gasteiger partial charge in [0.05, 0.1) is 0 Å². The van der Waals surface area contributed by atoms with Crippen molar-refractivity contribution in [3.8, 4) is 0 Å². The molecule has 1 heteroatoms. The molecular formula is C9H17N. The predicted molar refractivity (Wildman–Crippen MR) is 44.6 cm³/mol. The van der Waals surface area contributed by atoms with Crippen molar-refractivity contribution in [2.45, 2.75) is 45.4 Å². The molecule has 0 spiro atoms. The van der Waals surface area contributed by atoms with Gasteiger partial charge in [-0.2, -0.15) is 0 Å². The number of hydrogen-bond donors (Lipinski definition) is 1. The average Bonchev–Trinajstić information content (AvgIpc) is 2.13. The van der Waals surface area contributed by atoms with Crippen LogP contribution in [0.1, 0.15) is 45.4 Å². The molecule has 0 aromatic rings. The summed E-state index contributed by atoms with van der Waals surface area (Å²) in [7, 11) is 0. The van der Waals surface area contributed by atoms with Crippen LogP contribution in [0.2, 0.25) is 0 Å². The first-order valence-electron chi connectivity index (χ1n) is 4.42. The van der Waals surface area contributed by atoms with Crippen molar-refractivity contribution in [2.24, 2.45) is 5.92 Å². The lowest BCUT2D eigenvalue weighted by Crippen LogP contribution is -2.09. The summed E-state index contributed by atoms with van der Waals surface area (Å²) < 4.78 is 0. The summed E-state index contributed by atoms with van der Waals surface area (Å²) in [6.07, 6.45) is 7.47. The highest BCUT2D eigenvalue weighted by Gasteiger charge is 2.14. The Labute approximate surface area is 63.3 Å². The quantitative estimate of drug-likeness (QED) is 0.540. The third kappa shape index (κ3) is 1.83. The molecule has 1 unspecified atom stereocenters. The summed E-state index contributed by atoms with van der Waals surface area (Å²) in [5.41, 5.74) is 1.01. The zero-order valence-corrected chi connectivity index (χ0v) is 6.82. The molecule has 0 aliphatic heterocycles. The van der Waals surface area contributed by atoms with Crippen LogP contribution in [-0.4, -0.2) is 5.71 Å². The monoisotopic (exact) mass is 139 g/mol. The molecule has 0 amide bonds. The minimum absolute atomic E-state index is 0.627. The van der Waals surface area contributed by atoms with Crippen LogP contribution in [0, 0.1) is 11.3 Å². The molecule has 1 saturated carbocycles. The van der Waals surface area contributed by atoms with Crippen LogP contribution >= 0.6 is 0 Å². The molecule has 0 bridgehead atoms. The van der Waals surface area contributed by atoms with Gasteiger partial charge in [-0.1, -0.05) is 19.8 Å². The molecule has 58 valence electrons. The summed E-state index contributed by atoms with van der Waals surface area (Å²) in [6, 6.07) is 0. The molecule has 10 heavy (non-hydrogen) atoms. The molecule has 0 radical (unpaired) electrons. The van der Waals surface area contributed by atoms with Crippen molar-refractivity contribution in [2.75, 3.05) is 0 Å². The van der Waals surface area contributed by atoms with Crippen molar-refractivity contribution < 1.29 is 0 Å². The molecule has 1 aliphatic rings. The molecule has 1 N–H and O–H groups in total. The Balaban J connectivity index is 2.43. The highest BCUT2D eigenvalue weighted by Crippen LogP contribution is 2.22. The van der Waals surface area contributed by atoms with Crippen molar-refractivity contribution in [1.29, 1.82) is 5.41 Å². The van der Waals surface area contributed by atoms with E-state index in [-0.39, 0.29) is 0 Å². The molecule has 1 rings (SSSR count). The Morgan fingerprint density at radius 1 is 1.40 bits per heavy atom. The van der Waals surface area contributed by atoms with Crippen molar-refractivity contribution in [1.82, 2.24) is 0 Å². The lowest BCUT2D eigenvalue weighted by atomic mass is 9.96. The molecular weight excluding hydrogens is 122 g/mol. The fraction of sp³-hybridized carbons (Fsp3) is 0.889. The summed E-state index contributed by atoms with van der Waals surface area (Å²) >= 11 is 0. The standard InChI is InChI=1S/C9H17N/c1-2-8-6-4-3-5-7-9(8)10/h8,10H,2-7H2,1H3. The van der Waals surface area contributed by atoms with E-state index < -0.39 is 0 Å². The summed E-state index contributed by atoms with van der Waals surface area (Å²) in [6.45, 7) is 2.20. The predicted octanol–water partition coefficient (Wildman–Crippen LogP) is 3.00. The van der Waals surface area contributed by atoms with Gasteiger partial charge >= 0.3 is 0 Å². The van der Waals surface area contributed by atoms with E-state index in [1.165, 1.54) is 32.1 Å². The number of rotatable bonds is 1. The minimum Gasteiger partial charge on any atom is -0.309 e. The highest BCUT2D eigenvalue weighted by atomic mass is 14.4. The maximum Gasteiger partial charge on any atom is 0.0120 e. The van der Waals surface area contributed by atoms with Gasteiger partial charge in [0.15, 0.2) is 0 Å². The van der Waals surface area contributed by atoms with Gasteiger partial charge in [0.1, 0.15) is 0 Å². The van der Waals surface area contributed by atoms with Crippen molar-refractivity contribution >= 4 is 5.71 Å². The van der Waals surface area contributed by atoms with Crippen LogP contribution in [0.25, 0.3) is 0 Å². The second-order valence-corrected chi connectivity index (χ2v) is 3.23. The van der Waals surface area contributed by atoms with Gasteiger partial charge < -0.3 is 5.41 Å². The second-order valence-electron chi connectivity index (χ2n) is 3.23. The molecule has 1 atom stereocenters. The summed E-state index contributed by atoms with van der Waals surface area (Å²) in [5, 5.41) is 7.69. The third-order valence-corrected chi connectivity index (χ3v) is 2.48. The van der Waals surface area contributed by atoms with Crippen LogP contribution in [0.4, 0.5) is 0 Å². The molecule has 0 aromatic heterocycles. The van der Waals surface area contributed by atoms with Crippen LogP contribution in [-0.2, 0) is 0 Å². The van der Waals surface area contributed by atoms with Crippen LogP contribution in [0.3, 0.4) is 0 Å². The van der Waals surface area contributed by atoms with Crippen molar-refractivity contribution in [3.63, 3.8) is 0 Å². The van der Waals surface area contributed by atoms with E-state index in [1.54, 1.807) is 0 Å². The Morgan fingerprint density at radius 3 is 2.90 bits per heavy atom. The van der Waals surface area contributed by atoms with Crippen LogP contribution in [0.5, 0.6) is 0 Å². The Hall–Kier alpha value is -0.330. The normalized spacial score (nSPS) is 28.1. The third-order valence-electron chi connectivity index (χ3n) is 2.48. The average molecular weight is 139 g/mol. The van der Waals surface area contributed by atoms with E-state index in [9.17, 15) is 0 Å². The Bertz CT molecular complexity index is 118. The highest BCUT2D eigenvalue weighted by molar-refractivity contribution is 5.83. The van der Waals surface area contributed by atoms with Crippen LogP contribution in [0.15, 0.2) is 0 Å². The Kier molecular flexibility index (Phi) is 2.91. The largest absolute Gasteiger partial charge is 0.309 e. The Morgan fingerprint density at radius 2 is 2.20 bits per heavy atom. The van der Waals surface area contributed by atoms with E-state index in [2.05, 4.69) is 6.92 Å². The molecule has 1 aliphatic carbocycles. The van der Waals surface area contributed by atoms with E-state index in [1.807, 2.05) is 0 Å². The van der Waals surface area contributed by atoms with Gasteiger partial charge in [0.25, 0.3) is 0 Å². The topological polar surface area (TPSA) is 23.9 Å². The molecule has 0 saturated heterocycles. The zero-order chi connectivity index (χ0) is 7.40. The van der Waals surface area contributed by atoms with Gasteiger partial charge in [-0.3, -0.25) is 0 Å². The van der Waals surface area contributed by atoms with E-state index in [0.717, 1.165) is 12.1 Å². The lowest BCUT2D eigenvalue weighted by Gasteiger charge is -2.10. The first kappa shape index (κ1) is 7.77. The van der Waals surface area contributed by atoms with Gasteiger partial charge in [-0.05, 0) is 31.6 Å². The lowest BCUT2D eigenvalue weighted by molar-refractivity contribution is 0.575. The van der Waals surface area contributed by atoms with Crippen LogP contribution < -0.4 is 0 Å². The maximum atomic E-state index is 7.69. The minimum atomic E-state index is 0.627. The second kappa shape index (κ2) is 3.75. The molecule has 0 heterocycles. The molecule has 1 nitrogen and oxygen atoms in total. The van der Waals surface area contributed by atoms with Gasteiger partial charge in [-0.25, -0.2) is 0 Å². The molecule has 0 aromatic carbocycles. The summed E-state index contributed by atoms with van der Waals surface area (Å²) in [4.78, 5) is 0. The first-order chi connectivity index (χ1) is 4.84. The molecule has 1 fully saturated rings. The number of nitrogens with one attached hydrogen (secondary N) is 1. The smallest absolute Gasteiger partial charge is 0.0120 e. The fourth-order valence-electron chi connectivity index (χ4n) is 1.71. The van der Waals surface area contributed by atoms with E-state index >= 15 is 0 Å². The zero-order valence-electron chi connectivity index (χ0n) is 6.82. The number of hydrogen-bond acceptors (Lipinski definition) is 1. The first-order valence-corrected chi connectivity index (χ1v) is 4.42. The van der Waals surface area contributed by atoms with Gasteiger partial charge in [0.2, 0.25) is 0 Å².